The molecular formula is C14H12ClN3O2. The molecule has 1 fully saturated rings. The number of rotatable bonds is 2. The van der Waals surface area contributed by atoms with Gasteiger partial charge in [0.1, 0.15) is 0 Å². The second-order valence-electron chi connectivity index (χ2n) is 4.68. The van der Waals surface area contributed by atoms with Gasteiger partial charge >= 0.3 is 0 Å². The highest BCUT2D eigenvalue weighted by Crippen LogP contribution is 2.18. The molecule has 1 aromatic heterocycles. The molecule has 0 saturated carbocycles. The molecule has 0 atom stereocenters. The van der Waals surface area contributed by atoms with Crippen LogP contribution in [0.15, 0.2) is 24.3 Å². The average molecular weight is 290 g/mol. The predicted molar refractivity (Wildman–Crippen MR) is 74.9 cm³/mol. The van der Waals surface area contributed by atoms with E-state index in [1.54, 1.807) is 23.1 Å². The number of fused-ring (bicyclic) bond motifs is 1. The van der Waals surface area contributed by atoms with Crippen LogP contribution in [0.5, 0.6) is 0 Å². The van der Waals surface area contributed by atoms with Crippen LogP contribution >= 0.6 is 11.6 Å². The minimum absolute atomic E-state index is 0.0469. The van der Waals surface area contributed by atoms with Crippen molar-refractivity contribution in [2.24, 2.45) is 0 Å². The number of aromatic nitrogens is 2. The summed E-state index contributed by atoms with van der Waals surface area (Å²) in [6.07, 6.45) is 1.94. The first-order valence-corrected chi connectivity index (χ1v) is 6.80. The molecule has 1 amide bonds. The zero-order chi connectivity index (χ0) is 14.1. The summed E-state index contributed by atoms with van der Waals surface area (Å²) in [5, 5.41) is -0.759. The summed E-state index contributed by atoms with van der Waals surface area (Å²) in [6.45, 7) is 1.37. The fourth-order valence-electron chi connectivity index (χ4n) is 2.36. The SMILES string of the molecule is O=C(Cl)c1nc2ccccc2nc1C(=O)N1CCCC1. The normalized spacial score (nSPS) is 14.8. The average Bonchev–Trinajstić information content (AvgIpc) is 2.99. The first kappa shape index (κ1) is 13.0. The summed E-state index contributed by atoms with van der Waals surface area (Å²) < 4.78 is 0. The van der Waals surface area contributed by atoms with Gasteiger partial charge < -0.3 is 4.90 Å². The molecule has 0 aliphatic carbocycles. The molecule has 2 aromatic rings. The number of carbonyl (C=O) groups excluding carboxylic acids is 2. The van der Waals surface area contributed by atoms with Gasteiger partial charge in [-0.3, -0.25) is 9.59 Å². The number of carbonyl (C=O) groups is 2. The summed E-state index contributed by atoms with van der Waals surface area (Å²) in [7, 11) is 0. The third kappa shape index (κ3) is 2.25. The zero-order valence-corrected chi connectivity index (χ0v) is 11.4. The van der Waals surface area contributed by atoms with Gasteiger partial charge in [0, 0.05) is 13.1 Å². The second-order valence-corrected chi connectivity index (χ2v) is 5.03. The van der Waals surface area contributed by atoms with Crippen molar-refractivity contribution in [2.75, 3.05) is 13.1 Å². The van der Waals surface area contributed by atoms with Crippen LogP contribution in [-0.4, -0.2) is 39.1 Å². The van der Waals surface area contributed by atoms with Gasteiger partial charge in [0.25, 0.3) is 11.1 Å². The fraction of sp³-hybridized carbons (Fsp3) is 0.286. The van der Waals surface area contributed by atoms with E-state index in [1.807, 2.05) is 6.07 Å². The maximum Gasteiger partial charge on any atom is 0.274 e. The van der Waals surface area contributed by atoms with Gasteiger partial charge in [0.2, 0.25) is 0 Å². The van der Waals surface area contributed by atoms with Crippen molar-refractivity contribution < 1.29 is 9.59 Å². The maximum atomic E-state index is 12.4. The van der Waals surface area contributed by atoms with Crippen LogP contribution in [0.4, 0.5) is 0 Å². The number of halogens is 1. The second kappa shape index (κ2) is 5.17. The van der Waals surface area contributed by atoms with Crippen LogP contribution in [0.1, 0.15) is 33.8 Å². The molecule has 0 unspecified atom stereocenters. The Morgan fingerprint density at radius 3 is 2.10 bits per heavy atom. The lowest BCUT2D eigenvalue weighted by Crippen LogP contribution is -2.30. The Balaban J connectivity index is 2.14. The first-order valence-electron chi connectivity index (χ1n) is 6.43. The van der Waals surface area contributed by atoms with Gasteiger partial charge in [0.15, 0.2) is 11.4 Å². The third-order valence-electron chi connectivity index (χ3n) is 3.35. The Hall–Kier alpha value is -2.01. The van der Waals surface area contributed by atoms with E-state index in [0.29, 0.717) is 24.1 Å². The maximum absolute atomic E-state index is 12.4. The van der Waals surface area contributed by atoms with Crippen LogP contribution < -0.4 is 0 Å². The molecular weight excluding hydrogens is 278 g/mol. The van der Waals surface area contributed by atoms with E-state index in [9.17, 15) is 9.59 Å². The molecule has 20 heavy (non-hydrogen) atoms. The van der Waals surface area contributed by atoms with Crippen molar-refractivity contribution >= 4 is 33.8 Å². The highest BCUT2D eigenvalue weighted by Gasteiger charge is 2.26. The number of benzene rings is 1. The topological polar surface area (TPSA) is 63.2 Å². The number of para-hydroxylation sites is 2. The van der Waals surface area contributed by atoms with E-state index in [1.165, 1.54) is 0 Å². The van der Waals surface area contributed by atoms with E-state index < -0.39 is 5.24 Å². The van der Waals surface area contributed by atoms with Crippen LogP contribution in [0.2, 0.25) is 0 Å². The molecule has 0 bridgehead atoms. The largest absolute Gasteiger partial charge is 0.337 e. The van der Waals surface area contributed by atoms with Crippen molar-refractivity contribution in [3.63, 3.8) is 0 Å². The molecule has 1 saturated heterocycles. The van der Waals surface area contributed by atoms with Crippen LogP contribution in [-0.2, 0) is 0 Å². The molecule has 0 radical (unpaired) electrons. The number of likely N-dealkylation sites (tertiary alicyclic amines) is 1. The monoisotopic (exact) mass is 289 g/mol. The lowest BCUT2D eigenvalue weighted by atomic mass is 10.2. The van der Waals surface area contributed by atoms with E-state index >= 15 is 0 Å². The smallest absolute Gasteiger partial charge is 0.274 e. The van der Waals surface area contributed by atoms with Gasteiger partial charge in [-0.2, -0.15) is 0 Å². The molecule has 1 aliphatic heterocycles. The van der Waals surface area contributed by atoms with Crippen LogP contribution in [0, 0.1) is 0 Å². The van der Waals surface area contributed by atoms with Crippen molar-refractivity contribution in [2.45, 2.75) is 12.8 Å². The van der Waals surface area contributed by atoms with Gasteiger partial charge in [-0.25, -0.2) is 9.97 Å². The van der Waals surface area contributed by atoms with Gasteiger partial charge in [-0.05, 0) is 36.6 Å². The van der Waals surface area contributed by atoms with Crippen LogP contribution in [0.25, 0.3) is 11.0 Å². The van der Waals surface area contributed by atoms with E-state index in [-0.39, 0.29) is 17.3 Å². The molecule has 0 spiro atoms. The minimum Gasteiger partial charge on any atom is -0.337 e. The van der Waals surface area contributed by atoms with E-state index in [4.69, 9.17) is 11.6 Å². The molecule has 2 heterocycles. The summed E-state index contributed by atoms with van der Waals surface area (Å²) in [5.74, 6) is -0.273. The fourth-order valence-corrected chi connectivity index (χ4v) is 2.49. The van der Waals surface area contributed by atoms with Crippen molar-refractivity contribution in [3.05, 3.63) is 35.7 Å². The Labute approximate surface area is 120 Å². The Morgan fingerprint density at radius 2 is 1.55 bits per heavy atom. The Kier molecular flexibility index (Phi) is 3.36. The summed E-state index contributed by atoms with van der Waals surface area (Å²) in [5.41, 5.74) is 1.11. The zero-order valence-electron chi connectivity index (χ0n) is 10.7. The predicted octanol–water partition coefficient (Wildman–Crippen LogP) is 2.24. The minimum atomic E-state index is -0.759. The number of amides is 1. The standard InChI is InChI=1S/C14H12ClN3O2/c15-13(19)11-12(14(20)18-7-3-4-8-18)17-10-6-2-1-5-9(10)16-11/h1-2,5-6H,3-4,7-8H2. The van der Waals surface area contributed by atoms with Gasteiger partial charge in [-0.15, -0.1) is 0 Å². The highest BCUT2D eigenvalue weighted by molar-refractivity contribution is 6.67. The summed E-state index contributed by atoms with van der Waals surface area (Å²) >= 11 is 5.55. The lowest BCUT2D eigenvalue weighted by Gasteiger charge is -2.15. The summed E-state index contributed by atoms with van der Waals surface area (Å²) in [4.78, 5) is 34.1. The highest BCUT2D eigenvalue weighted by atomic mass is 35.5. The van der Waals surface area contributed by atoms with Gasteiger partial charge in [0.05, 0.1) is 11.0 Å². The Bertz CT molecular complexity index is 696. The quantitative estimate of drug-likeness (QED) is 0.796. The number of hydrogen-bond acceptors (Lipinski definition) is 4. The molecule has 1 aromatic carbocycles. The van der Waals surface area contributed by atoms with E-state index in [0.717, 1.165) is 12.8 Å². The molecule has 6 heteroatoms. The first-order chi connectivity index (χ1) is 9.66. The third-order valence-corrected chi connectivity index (χ3v) is 3.53. The lowest BCUT2D eigenvalue weighted by molar-refractivity contribution is 0.0782. The summed E-state index contributed by atoms with van der Waals surface area (Å²) in [6, 6.07) is 7.09. The molecule has 1 aliphatic rings. The number of hydrogen-bond donors (Lipinski definition) is 0. The Morgan fingerprint density at radius 1 is 1.00 bits per heavy atom. The van der Waals surface area contributed by atoms with Crippen molar-refractivity contribution in [3.8, 4) is 0 Å². The molecule has 102 valence electrons. The van der Waals surface area contributed by atoms with Crippen molar-refractivity contribution in [1.29, 1.82) is 0 Å². The molecule has 3 rings (SSSR count). The number of nitrogens with zero attached hydrogens (tertiary/aromatic N) is 3. The van der Waals surface area contributed by atoms with Crippen LogP contribution in [0.3, 0.4) is 0 Å². The molecule has 0 N–H and O–H groups in total. The van der Waals surface area contributed by atoms with Gasteiger partial charge in [-0.1, -0.05) is 12.1 Å². The van der Waals surface area contributed by atoms with E-state index in [2.05, 4.69) is 9.97 Å². The van der Waals surface area contributed by atoms with Crippen molar-refractivity contribution in [1.82, 2.24) is 14.9 Å². The molecule has 5 nitrogen and oxygen atoms in total.